The quantitative estimate of drug-likeness (QED) is 0.857. The molecular formula is C17H22N2OS. The van der Waals surface area contributed by atoms with E-state index in [0.29, 0.717) is 6.54 Å². The lowest BCUT2D eigenvalue weighted by Crippen LogP contribution is -2.38. The van der Waals surface area contributed by atoms with Crippen molar-refractivity contribution < 1.29 is 4.79 Å². The molecule has 0 aliphatic rings. The molecule has 112 valence electrons. The van der Waals surface area contributed by atoms with Crippen LogP contribution in [0.3, 0.4) is 0 Å². The van der Waals surface area contributed by atoms with Gasteiger partial charge in [-0.25, -0.2) is 0 Å². The Labute approximate surface area is 130 Å². The predicted octanol–water partition coefficient (Wildman–Crippen LogP) is 3.52. The fourth-order valence-electron chi connectivity index (χ4n) is 2.29. The van der Waals surface area contributed by atoms with E-state index < -0.39 is 0 Å². The Morgan fingerprint density at radius 1 is 1.24 bits per heavy atom. The molecule has 1 aromatic carbocycles. The number of carbonyl (C=O) groups is 1. The molecule has 1 heterocycles. The summed E-state index contributed by atoms with van der Waals surface area (Å²) in [6.45, 7) is 6.68. The molecule has 4 heteroatoms. The Morgan fingerprint density at radius 3 is 2.57 bits per heavy atom. The van der Waals surface area contributed by atoms with Gasteiger partial charge in [0, 0.05) is 17.1 Å². The molecule has 0 saturated carbocycles. The van der Waals surface area contributed by atoms with Crippen molar-refractivity contribution in [3.8, 4) is 0 Å². The van der Waals surface area contributed by atoms with Gasteiger partial charge < -0.3 is 10.6 Å². The molecule has 1 aromatic heterocycles. The van der Waals surface area contributed by atoms with Crippen LogP contribution in [0.5, 0.6) is 0 Å². The second-order valence-corrected chi connectivity index (χ2v) is 6.40. The molecule has 1 atom stereocenters. The summed E-state index contributed by atoms with van der Waals surface area (Å²) in [6, 6.07) is 10.1. The van der Waals surface area contributed by atoms with Crippen molar-refractivity contribution in [2.75, 3.05) is 11.9 Å². The molecule has 0 fully saturated rings. The molecule has 0 unspecified atom stereocenters. The summed E-state index contributed by atoms with van der Waals surface area (Å²) < 4.78 is 0. The van der Waals surface area contributed by atoms with Crippen molar-refractivity contribution in [2.45, 2.75) is 33.2 Å². The highest BCUT2D eigenvalue weighted by Gasteiger charge is 2.12. The van der Waals surface area contributed by atoms with Gasteiger partial charge in [-0.3, -0.25) is 4.79 Å². The van der Waals surface area contributed by atoms with E-state index in [9.17, 15) is 4.79 Å². The summed E-state index contributed by atoms with van der Waals surface area (Å²) in [5, 5.41) is 8.29. The van der Waals surface area contributed by atoms with Crippen LogP contribution in [0.4, 0.5) is 5.69 Å². The Balaban J connectivity index is 1.81. The number of thiophene rings is 1. The molecule has 3 nitrogen and oxygen atoms in total. The Kier molecular flexibility index (Phi) is 5.39. The van der Waals surface area contributed by atoms with Crippen LogP contribution in [0.2, 0.25) is 0 Å². The summed E-state index contributed by atoms with van der Waals surface area (Å²) in [5.74, 6) is 0.0331. The third kappa shape index (κ3) is 4.90. The molecule has 2 rings (SSSR count). The van der Waals surface area contributed by atoms with Crippen molar-refractivity contribution in [1.82, 2.24) is 5.32 Å². The lowest BCUT2D eigenvalue weighted by atomic mass is 10.1. The van der Waals surface area contributed by atoms with Gasteiger partial charge in [0.05, 0.1) is 0 Å². The van der Waals surface area contributed by atoms with Crippen LogP contribution in [0.15, 0.2) is 35.7 Å². The zero-order valence-electron chi connectivity index (χ0n) is 12.8. The smallest absolute Gasteiger partial charge is 0.242 e. The highest BCUT2D eigenvalue weighted by Crippen LogP contribution is 2.14. The van der Waals surface area contributed by atoms with E-state index in [4.69, 9.17) is 0 Å². The zero-order chi connectivity index (χ0) is 15.2. The molecule has 2 N–H and O–H groups in total. The predicted molar refractivity (Wildman–Crippen MR) is 90.0 cm³/mol. The number of aryl methyl sites for hydroxylation is 2. The first-order valence-corrected chi connectivity index (χ1v) is 8.07. The molecule has 0 aliphatic carbocycles. The van der Waals surface area contributed by atoms with Gasteiger partial charge in [-0.1, -0.05) is 12.1 Å². The Morgan fingerprint density at radius 2 is 1.95 bits per heavy atom. The number of anilines is 1. The second-order valence-electron chi connectivity index (χ2n) is 5.36. The van der Waals surface area contributed by atoms with Crippen LogP contribution in [0.1, 0.15) is 22.9 Å². The van der Waals surface area contributed by atoms with Crippen LogP contribution in [0, 0.1) is 13.8 Å². The van der Waals surface area contributed by atoms with Gasteiger partial charge in [-0.15, -0.1) is 11.3 Å². The average molecular weight is 302 g/mol. The van der Waals surface area contributed by atoms with E-state index in [0.717, 1.165) is 12.1 Å². The van der Waals surface area contributed by atoms with E-state index in [-0.39, 0.29) is 11.9 Å². The number of nitrogens with one attached hydrogen (secondary N) is 2. The number of carbonyl (C=O) groups excluding carboxylic acids is 1. The van der Waals surface area contributed by atoms with E-state index in [2.05, 4.69) is 54.1 Å². The Bertz CT molecular complexity index is 573. The molecule has 0 aliphatic heterocycles. The molecule has 2 aromatic rings. The van der Waals surface area contributed by atoms with Gasteiger partial charge in [0.1, 0.15) is 6.04 Å². The minimum atomic E-state index is -0.241. The van der Waals surface area contributed by atoms with Crippen LogP contribution in [-0.4, -0.2) is 18.5 Å². The largest absolute Gasteiger partial charge is 0.374 e. The topological polar surface area (TPSA) is 41.1 Å². The van der Waals surface area contributed by atoms with Crippen molar-refractivity contribution >= 4 is 22.9 Å². The SMILES string of the molecule is Cc1cc(C)cc(N[C@@H](C)C(=O)NCCc2cccs2)c1. The van der Waals surface area contributed by atoms with Gasteiger partial charge in [-0.05, 0) is 61.9 Å². The third-order valence-corrected chi connectivity index (χ3v) is 4.19. The first-order chi connectivity index (χ1) is 10.0. The monoisotopic (exact) mass is 302 g/mol. The van der Waals surface area contributed by atoms with E-state index in [1.54, 1.807) is 11.3 Å². The third-order valence-electron chi connectivity index (χ3n) is 3.25. The zero-order valence-corrected chi connectivity index (χ0v) is 13.6. The second kappa shape index (κ2) is 7.27. The average Bonchev–Trinajstić information content (AvgIpc) is 2.90. The van der Waals surface area contributed by atoms with Gasteiger partial charge in [0.2, 0.25) is 5.91 Å². The van der Waals surface area contributed by atoms with E-state index >= 15 is 0 Å². The van der Waals surface area contributed by atoms with E-state index in [1.807, 2.05) is 13.0 Å². The number of benzene rings is 1. The molecule has 0 spiro atoms. The van der Waals surface area contributed by atoms with Crippen LogP contribution >= 0.6 is 11.3 Å². The fraction of sp³-hybridized carbons (Fsp3) is 0.353. The lowest BCUT2D eigenvalue weighted by molar-refractivity contribution is -0.121. The summed E-state index contributed by atoms with van der Waals surface area (Å²) in [7, 11) is 0. The summed E-state index contributed by atoms with van der Waals surface area (Å²) >= 11 is 1.72. The highest BCUT2D eigenvalue weighted by molar-refractivity contribution is 7.09. The summed E-state index contributed by atoms with van der Waals surface area (Å²) in [6.07, 6.45) is 0.889. The van der Waals surface area contributed by atoms with Crippen molar-refractivity contribution in [2.24, 2.45) is 0 Å². The summed E-state index contributed by atoms with van der Waals surface area (Å²) in [4.78, 5) is 13.4. The van der Waals surface area contributed by atoms with Crippen molar-refractivity contribution in [1.29, 1.82) is 0 Å². The normalized spacial score (nSPS) is 12.0. The molecule has 0 radical (unpaired) electrons. The minimum Gasteiger partial charge on any atom is -0.374 e. The van der Waals surface area contributed by atoms with Gasteiger partial charge in [-0.2, -0.15) is 0 Å². The molecule has 21 heavy (non-hydrogen) atoms. The maximum Gasteiger partial charge on any atom is 0.242 e. The lowest BCUT2D eigenvalue weighted by Gasteiger charge is -2.16. The molecule has 0 saturated heterocycles. The standard InChI is InChI=1S/C17H22N2OS/c1-12-9-13(2)11-15(10-12)19-14(3)17(20)18-7-6-16-5-4-8-21-16/h4-5,8-11,14,19H,6-7H2,1-3H3,(H,18,20)/t14-/m0/s1. The summed E-state index contributed by atoms with van der Waals surface area (Å²) in [5.41, 5.74) is 3.39. The van der Waals surface area contributed by atoms with Crippen LogP contribution in [-0.2, 0) is 11.2 Å². The Hall–Kier alpha value is -1.81. The minimum absolute atomic E-state index is 0.0331. The van der Waals surface area contributed by atoms with Gasteiger partial charge in [0.25, 0.3) is 0 Å². The number of hydrogen-bond acceptors (Lipinski definition) is 3. The van der Waals surface area contributed by atoms with Crippen LogP contribution in [0.25, 0.3) is 0 Å². The maximum atomic E-state index is 12.1. The van der Waals surface area contributed by atoms with Crippen molar-refractivity contribution in [3.05, 3.63) is 51.7 Å². The molecule has 0 bridgehead atoms. The molecular weight excluding hydrogens is 280 g/mol. The fourth-order valence-corrected chi connectivity index (χ4v) is 3.00. The van der Waals surface area contributed by atoms with Gasteiger partial charge in [0.15, 0.2) is 0 Å². The first kappa shape index (κ1) is 15.6. The van der Waals surface area contributed by atoms with Crippen molar-refractivity contribution in [3.63, 3.8) is 0 Å². The van der Waals surface area contributed by atoms with E-state index in [1.165, 1.54) is 16.0 Å². The van der Waals surface area contributed by atoms with Crippen LogP contribution < -0.4 is 10.6 Å². The maximum absolute atomic E-state index is 12.1. The number of amides is 1. The number of rotatable bonds is 6. The molecule has 1 amide bonds. The van der Waals surface area contributed by atoms with Gasteiger partial charge >= 0.3 is 0 Å². The highest BCUT2D eigenvalue weighted by atomic mass is 32.1. The first-order valence-electron chi connectivity index (χ1n) is 7.19. The number of hydrogen-bond donors (Lipinski definition) is 2.